The van der Waals surface area contributed by atoms with E-state index in [9.17, 15) is 18.0 Å². The van der Waals surface area contributed by atoms with E-state index in [0.29, 0.717) is 26.2 Å². The predicted molar refractivity (Wildman–Crippen MR) is 140 cm³/mol. The molecule has 0 radical (unpaired) electrons. The van der Waals surface area contributed by atoms with Crippen molar-refractivity contribution in [2.75, 3.05) is 7.11 Å². The fraction of sp³-hybridized carbons (Fsp3) is 0.0833. The quantitative estimate of drug-likeness (QED) is 0.227. The Labute approximate surface area is 226 Å². The smallest absolute Gasteiger partial charge is 0.339 e. The van der Waals surface area contributed by atoms with Crippen LogP contribution in [-0.2, 0) is 21.5 Å². The molecule has 2 amide bonds. The van der Waals surface area contributed by atoms with E-state index in [0.717, 1.165) is 16.7 Å². The molecule has 4 rings (SSSR count). The van der Waals surface area contributed by atoms with Crippen LogP contribution in [-0.4, -0.2) is 31.6 Å². The number of nitrogens with zero attached hydrogens (tertiary/aromatic N) is 1. The third-order valence-corrected chi connectivity index (χ3v) is 8.13. The summed E-state index contributed by atoms with van der Waals surface area (Å²) in [5.41, 5.74) is 1.07. The molecule has 1 fully saturated rings. The number of imide groups is 1. The van der Waals surface area contributed by atoms with Gasteiger partial charge in [0.1, 0.15) is 4.90 Å². The first-order chi connectivity index (χ1) is 17.1. The molecule has 0 saturated carbocycles. The van der Waals surface area contributed by atoms with E-state index in [1.54, 1.807) is 24.3 Å². The third-order valence-electron chi connectivity index (χ3n) is 4.99. The topological polar surface area (TPSA) is 90.0 Å². The van der Waals surface area contributed by atoms with Crippen molar-refractivity contribution >= 4 is 73.9 Å². The van der Waals surface area contributed by atoms with Gasteiger partial charge in [-0.2, -0.15) is 8.42 Å². The van der Waals surface area contributed by atoms with Gasteiger partial charge >= 0.3 is 10.1 Å². The number of hydrogen-bond donors (Lipinski definition) is 0. The number of methoxy groups -OCH3 is 1. The maximum absolute atomic E-state index is 12.9. The minimum absolute atomic E-state index is 0.0230. The fourth-order valence-corrected chi connectivity index (χ4v) is 5.44. The van der Waals surface area contributed by atoms with Crippen LogP contribution in [0.1, 0.15) is 11.1 Å². The van der Waals surface area contributed by atoms with Gasteiger partial charge in [0, 0.05) is 5.02 Å². The minimum Gasteiger partial charge on any atom is -0.493 e. The van der Waals surface area contributed by atoms with Gasteiger partial charge < -0.3 is 8.92 Å². The van der Waals surface area contributed by atoms with Crippen LogP contribution in [0.25, 0.3) is 6.08 Å². The van der Waals surface area contributed by atoms with Crippen LogP contribution < -0.4 is 8.92 Å². The average molecular weight is 585 g/mol. The molecule has 186 valence electrons. The molecule has 0 atom stereocenters. The molecule has 1 heterocycles. The highest BCUT2D eigenvalue weighted by molar-refractivity contribution is 8.18. The first-order valence-electron chi connectivity index (χ1n) is 10.1. The Balaban J connectivity index is 1.59. The maximum Gasteiger partial charge on any atom is 0.339 e. The lowest BCUT2D eigenvalue weighted by Gasteiger charge is -2.13. The van der Waals surface area contributed by atoms with Crippen molar-refractivity contribution in [3.05, 3.63) is 91.8 Å². The number of ether oxygens (including phenoxy) is 1. The molecule has 1 aliphatic rings. The highest BCUT2D eigenvalue weighted by atomic mass is 35.5. The van der Waals surface area contributed by atoms with Gasteiger partial charge in [-0.1, -0.05) is 46.9 Å². The lowest BCUT2D eigenvalue weighted by atomic mass is 10.1. The molecule has 0 aliphatic carbocycles. The third kappa shape index (κ3) is 5.82. The van der Waals surface area contributed by atoms with Crippen molar-refractivity contribution in [1.29, 1.82) is 0 Å². The van der Waals surface area contributed by atoms with E-state index in [4.69, 9.17) is 43.7 Å². The van der Waals surface area contributed by atoms with Gasteiger partial charge in [0.2, 0.25) is 0 Å². The first kappa shape index (κ1) is 26.4. The molecule has 0 aromatic heterocycles. The summed E-state index contributed by atoms with van der Waals surface area (Å²) in [6.07, 6.45) is 1.47. The summed E-state index contributed by atoms with van der Waals surface area (Å²) >= 11 is 18.6. The monoisotopic (exact) mass is 583 g/mol. The maximum atomic E-state index is 12.9. The molecule has 1 aliphatic heterocycles. The van der Waals surface area contributed by atoms with Gasteiger partial charge in [0.05, 0.1) is 28.6 Å². The SMILES string of the molecule is COc1ccc(/C=C2\SC(=O)N(Cc3ccc(Cl)c(Cl)c3)C2=O)cc1OS(=O)(=O)c1ccc(Cl)cc1. The number of rotatable bonds is 7. The van der Waals surface area contributed by atoms with Gasteiger partial charge in [-0.25, -0.2) is 0 Å². The Morgan fingerprint density at radius 3 is 2.31 bits per heavy atom. The Kier molecular flexibility index (Phi) is 7.87. The molecule has 0 spiro atoms. The molecular formula is C24H16Cl3NO6S2. The minimum atomic E-state index is -4.19. The van der Waals surface area contributed by atoms with Crippen LogP contribution in [0.5, 0.6) is 11.5 Å². The normalized spacial score (nSPS) is 15.0. The van der Waals surface area contributed by atoms with Crippen molar-refractivity contribution in [2.24, 2.45) is 0 Å². The van der Waals surface area contributed by atoms with E-state index >= 15 is 0 Å². The number of amides is 2. The molecule has 0 N–H and O–H groups in total. The van der Waals surface area contributed by atoms with Gasteiger partial charge in [-0.15, -0.1) is 0 Å². The molecule has 12 heteroatoms. The second kappa shape index (κ2) is 10.7. The molecule has 36 heavy (non-hydrogen) atoms. The number of carbonyl (C=O) groups is 2. The number of halogens is 3. The standard InChI is InChI=1S/C24H16Cl3NO6S2/c1-33-20-9-3-14(11-21(20)34-36(31,32)17-6-4-16(25)5-7-17)12-22-23(29)28(24(30)35-22)13-15-2-8-18(26)19(27)10-15/h2-12H,13H2,1H3/b22-12-. The Morgan fingerprint density at radius 1 is 0.917 bits per heavy atom. The van der Waals surface area contributed by atoms with Crippen LogP contribution in [0.2, 0.25) is 15.1 Å². The number of hydrogen-bond acceptors (Lipinski definition) is 7. The van der Waals surface area contributed by atoms with Crippen molar-refractivity contribution in [3.63, 3.8) is 0 Å². The summed E-state index contributed by atoms with van der Waals surface area (Å²) in [4.78, 5) is 26.6. The molecular weight excluding hydrogens is 569 g/mol. The van der Waals surface area contributed by atoms with Crippen molar-refractivity contribution < 1.29 is 26.9 Å². The van der Waals surface area contributed by atoms with Gasteiger partial charge in [-0.05, 0) is 77.5 Å². The van der Waals surface area contributed by atoms with E-state index in [1.165, 1.54) is 49.6 Å². The van der Waals surface area contributed by atoms with Gasteiger partial charge in [-0.3, -0.25) is 14.5 Å². The predicted octanol–water partition coefficient (Wildman–Crippen LogP) is 6.66. The molecule has 1 saturated heterocycles. The summed E-state index contributed by atoms with van der Waals surface area (Å²) in [5.74, 6) is -0.420. The zero-order chi connectivity index (χ0) is 26.0. The van der Waals surface area contributed by atoms with E-state index in [2.05, 4.69) is 0 Å². The summed E-state index contributed by atoms with van der Waals surface area (Å²) < 4.78 is 36.0. The van der Waals surface area contributed by atoms with Gasteiger partial charge in [0.15, 0.2) is 11.5 Å². The average Bonchev–Trinajstić information content (AvgIpc) is 3.09. The Morgan fingerprint density at radius 2 is 1.64 bits per heavy atom. The highest BCUT2D eigenvalue weighted by Gasteiger charge is 2.35. The summed E-state index contributed by atoms with van der Waals surface area (Å²) in [7, 11) is -2.82. The lowest BCUT2D eigenvalue weighted by molar-refractivity contribution is -0.123. The largest absolute Gasteiger partial charge is 0.493 e. The Bertz CT molecular complexity index is 1490. The van der Waals surface area contributed by atoms with E-state index in [-0.39, 0.29) is 27.8 Å². The van der Waals surface area contributed by atoms with Crippen LogP contribution in [0.15, 0.2) is 70.5 Å². The van der Waals surface area contributed by atoms with Crippen LogP contribution >= 0.6 is 46.6 Å². The van der Waals surface area contributed by atoms with Crippen LogP contribution in [0, 0.1) is 0 Å². The fourth-order valence-electron chi connectivity index (χ4n) is 3.22. The zero-order valence-electron chi connectivity index (χ0n) is 18.4. The summed E-state index contributed by atoms with van der Waals surface area (Å²) in [6, 6.07) is 14.9. The number of carbonyl (C=O) groups excluding carboxylic acids is 2. The molecule has 0 bridgehead atoms. The van der Waals surface area contributed by atoms with Crippen molar-refractivity contribution in [3.8, 4) is 11.5 Å². The Hall–Kier alpha value is -2.69. The van der Waals surface area contributed by atoms with Gasteiger partial charge in [0.25, 0.3) is 11.1 Å². The second-order valence-corrected chi connectivity index (χ2v) is 11.2. The molecule has 0 unspecified atom stereocenters. The van der Waals surface area contributed by atoms with Crippen LogP contribution in [0.3, 0.4) is 0 Å². The van der Waals surface area contributed by atoms with Crippen molar-refractivity contribution in [2.45, 2.75) is 11.4 Å². The molecule has 7 nitrogen and oxygen atoms in total. The zero-order valence-corrected chi connectivity index (χ0v) is 22.3. The van der Waals surface area contributed by atoms with Crippen molar-refractivity contribution in [1.82, 2.24) is 4.90 Å². The van der Waals surface area contributed by atoms with E-state index < -0.39 is 21.3 Å². The molecule has 3 aromatic rings. The number of benzene rings is 3. The van der Waals surface area contributed by atoms with Crippen LogP contribution in [0.4, 0.5) is 4.79 Å². The lowest BCUT2D eigenvalue weighted by Crippen LogP contribution is -2.27. The molecule has 3 aromatic carbocycles. The highest BCUT2D eigenvalue weighted by Crippen LogP contribution is 2.36. The summed E-state index contributed by atoms with van der Waals surface area (Å²) in [6.45, 7) is 0.0230. The number of thioether (sulfide) groups is 1. The summed E-state index contributed by atoms with van der Waals surface area (Å²) in [5, 5.41) is 0.607. The second-order valence-electron chi connectivity index (χ2n) is 7.42. The first-order valence-corrected chi connectivity index (χ1v) is 13.5. The van der Waals surface area contributed by atoms with E-state index in [1.807, 2.05) is 0 Å².